The highest BCUT2D eigenvalue weighted by atomic mass is 35.5. The molecule has 3 aliphatic rings. The van der Waals surface area contributed by atoms with E-state index in [9.17, 15) is 10.2 Å². The van der Waals surface area contributed by atoms with E-state index < -0.39 is 0 Å². The molecule has 0 saturated heterocycles. The number of fused-ring (bicyclic) bond motifs is 5. The molecule has 13 nitrogen and oxygen atoms in total. The summed E-state index contributed by atoms with van der Waals surface area (Å²) >= 11 is 0. The SMILES string of the molecule is COc1cc2c3cc1Oc1cc(ccc1O)C[C@@H]1c4c(cc(OC)c(O)c4Oc4cccc(c4)C[C@H]3N(C)CC2)CC[N+]1(C)C.Cl.O.O.O.O.O.[Cl-]. The van der Waals surface area contributed by atoms with Crippen molar-refractivity contribution in [1.82, 2.24) is 4.90 Å². The maximum atomic E-state index is 11.6. The zero-order chi connectivity index (χ0) is 31.5. The number of likely N-dealkylation sites (N-methyl/N-ethyl adjacent to an activating group) is 2. The van der Waals surface area contributed by atoms with Crippen LogP contribution in [-0.4, -0.2) is 95.4 Å². The topological polar surface area (TPSA) is 238 Å². The van der Waals surface area contributed by atoms with E-state index in [1.165, 1.54) is 11.1 Å². The standard InChI is InChI=1S/C37H40N2O6.2ClH.5H2O/c1-38-13-11-24-19-32(42-4)33-21-27(24)28(38)16-22-7-6-8-26(15-22)44-37-35-25(20-34(43-5)36(37)41)12-14-39(2,3)29(35)17-23-9-10-30(40)31(18-23)45-33;;;;;;;/h6-10,15,18-21,28-29H,11-14,16-17H2,1-5H3,(H-,40,41);2*1H;5*1H2/t28-,29-;;;;;;;/m1......./s1. The fourth-order valence-corrected chi connectivity index (χ4v) is 7.31. The summed E-state index contributed by atoms with van der Waals surface area (Å²) in [6.07, 6.45) is 3.11. The second kappa shape index (κ2) is 18.6. The highest BCUT2D eigenvalue weighted by Gasteiger charge is 2.41. The van der Waals surface area contributed by atoms with Crippen LogP contribution < -0.4 is 31.4 Å². The molecule has 52 heavy (non-hydrogen) atoms. The van der Waals surface area contributed by atoms with Crippen LogP contribution in [0.2, 0.25) is 0 Å². The first-order valence-electron chi connectivity index (χ1n) is 15.6. The van der Waals surface area contributed by atoms with Crippen LogP contribution in [0.4, 0.5) is 0 Å². The van der Waals surface area contributed by atoms with Gasteiger partial charge >= 0.3 is 0 Å². The van der Waals surface area contributed by atoms with Crippen molar-refractivity contribution in [3.63, 3.8) is 0 Å². The van der Waals surface area contributed by atoms with Crippen molar-refractivity contribution in [1.29, 1.82) is 0 Å². The monoisotopic (exact) mass is 770 g/mol. The van der Waals surface area contributed by atoms with Crippen LogP contribution in [0.3, 0.4) is 0 Å². The molecule has 3 heterocycles. The van der Waals surface area contributed by atoms with E-state index in [-0.39, 0.29) is 75.8 Å². The van der Waals surface area contributed by atoms with Gasteiger partial charge in [-0.05, 0) is 90.2 Å². The minimum atomic E-state index is -0.0515. The zero-order valence-electron chi connectivity index (χ0n) is 29.9. The quantitative estimate of drug-likeness (QED) is 0.264. The van der Waals surface area contributed by atoms with Crippen molar-refractivity contribution in [2.24, 2.45) is 0 Å². The summed E-state index contributed by atoms with van der Waals surface area (Å²) in [6, 6.07) is 19.8. The van der Waals surface area contributed by atoms with Gasteiger partial charge in [0.2, 0.25) is 5.75 Å². The number of methoxy groups -OCH3 is 2. The number of ether oxygens (including phenoxy) is 4. The van der Waals surface area contributed by atoms with E-state index >= 15 is 0 Å². The van der Waals surface area contributed by atoms with E-state index in [0.29, 0.717) is 45.4 Å². The molecule has 4 aromatic rings. The Morgan fingerprint density at radius 2 is 1.44 bits per heavy atom. The summed E-state index contributed by atoms with van der Waals surface area (Å²) in [5.74, 6) is 3.16. The minimum Gasteiger partial charge on any atom is -1.00 e. The van der Waals surface area contributed by atoms with Crippen LogP contribution in [-0.2, 0) is 25.7 Å². The third-order valence-corrected chi connectivity index (χ3v) is 9.97. The summed E-state index contributed by atoms with van der Waals surface area (Å²) in [5, 5.41) is 22.5. The van der Waals surface area contributed by atoms with Crippen LogP contribution in [0.5, 0.6) is 46.0 Å². The predicted octanol–water partition coefficient (Wildman–Crippen LogP) is 0.00330. The number of rotatable bonds is 2. The highest BCUT2D eigenvalue weighted by molar-refractivity contribution is 5.85. The molecule has 0 fully saturated rings. The average Bonchev–Trinajstić information content (AvgIpc) is 3.02. The number of nitrogens with zero attached hydrogens (tertiary/aromatic N) is 2. The third kappa shape index (κ3) is 8.60. The Morgan fingerprint density at radius 3 is 2.13 bits per heavy atom. The second-order valence-corrected chi connectivity index (χ2v) is 13.1. The molecular weight excluding hydrogens is 719 g/mol. The van der Waals surface area contributed by atoms with Gasteiger partial charge in [-0.1, -0.05) is 18.2 Å². The molecule has 0 radical (unpaired) electrons. The van der Waals surface area contributed by atoms with Crippen LogP contribution in [0.15, 0.2) is 60.7 Å². The lowest BCUT2D eigenvalue weighted by Gasteiger charge is -2.43. The molecule has 0 spiro atoms. The molecule has 7 rings (SSSR count). The molecule has 0 aliphatic carbocycles. The molecule has 2 atom stereocenters. The van der Waals surface area contributed by atoms with Gasteiger partial charge in [-0.3, -0.25) is 4.90 Å². The van der Waals surface area contributed by atoms with E-state index in [1.54, 1.807) is 20.3 Å². The van der Waals surface area contributed by atoms with Crippen molar-refractivity contribution >= 4 is 12.4 Å². The third-order valence-electron chi connectivity index (χ3n) is 9.97. The lowest BCUT2D eigenvalue weighted by atomic mass is 9.86. The molecule has 12 N–H and O–H groups in total. The maximum Gasteiger partial charge on any atom is 0.201 e. The number of benzene rings is 4. The maximum absolute atomic E-state index is 11.6. The van der Waals surface area contributed by atoms with Crippen molar-refractivity contribution < 1.29 is 73.4 Å². The van der Waals surface area contributed by atoms with Crippen molar-refractivity contribution in [2.45, 2.75) is 37.8 Å². The van der Waals surface area contributed by atoms with Gasteiger partial charge in [-0.15, -0.1) is 12.4 Å². The normalized spacial score (nSPS) is 17.5. The van der Waals surface area contributed by atoms with E-state index in [2.05, 4.69) is 50.3 Å². The van der Waals surface area contributed by atoms with E-state index in [1.807, 2.05) is 30.3 Å². The van der Waals surface area contributed by atoms with E-state index in [0.717, 1.165) is 54.6 Å². The predicted molar refractivity (Wildman–Crippen MR) is 198 cm³/mol. The Morgan fingerprint density at radius 1 is 0.769 bits per heavy atom. The molecule has 0 amide bonds. The molecule has 0 aromatic heterocycles. The van der Waals surface area contributed by atoms with Gasteiger partial charge in [0.05, 0.1) is 40.4 Å². The number of hydrogen-bond donors (Lipinski definition) is 2. The van der Waals surface area contributed by atoms with Crippen LogP contribution in [0, 0.1) is 0 Å². The molecule has 6 bridgehead atoms. The number of phenolic OH excluding ortho intramolecular Hbond substituents is 2. The van der Waals surface area contributed by atoms with Gasteiger partial charge in [-0.25, -0.2) is 0 Å². The smallest absolute Gasteiger partial charge is 0.201 e. The second-order valence-electron chi connectivity index (χ2n) is 13.1. The summed E-state index contributed by atoms with van der Waals surface area (Å²) < 4.78 is 25.3. The minimum absolute atomic E-state index is 0. The molecule has 4 aromatic carbocycles. The van der Waals surface area contributed by atoms with Crippen LogP contribution >= 0.6 is 12.4 Å². The summed E-state index contributed by atoms with van der Waals surface area (Å²) in [6.45, 7) is 1.82. The Balaban J connectivity index is 0.00000372. The van der Waals surface area contributed by atoms with Crippen LogP contribution in [0.1, 0.15) is 45.5 Å². The number of hydrogen-bond acceptors (Lipinski definition) is 7. The molecular formula is C37H52Cl2N2O11. The van der Waals surface area contributed by atoms with Gasteiger partial charge < -0.3 is 73.4 Å². The molecule has 0 saturated carbocycles. The van der Waals surface area contributed by atoms with E-state index in [4.69, 9.17) is 18.9 Å². The Labute approximate surface area is 316 Å². The Hall–Kier alpha value is -4.02. The first kappa shape index (κ1) is 48.0. The highest BCUT2D eigenvalue weighted by Crippen LogP contribution is 2.51. The summed E-state index contributed by atoms with van der Waals surface area (Å²) in [5.41, 5.74) is 6.59. The first-order chi connectivity index (χ1) is 21.6. The first-order valence-corrected chi connectivity index (χ1v) is 15.6. The number of aromatic hydroxyl groups is 2. The zero-order valence-corrected chi connectivity index (χ0v) is 31.5. The summed E-state index contributed by atoms with van der Waals surface area (Å²) in [7, 11) is 9.81. The molecule has 15 heteroatoms. The molecule has 0 unspecified atom stereocenters. The van der Waals surface area contributed by atoms with Gasteiger partial charge in [0.25, 0.3) is 0 Å². The Bertz CT molecular complexity index is 1810. The number of phenols is 2. The molecule has 290 valence electrons. The average molecular weight is 772 g/mol. The molecule has 3 aliphatic heterocycles. The van der Waals surface area contributed by atoms with Gasteiger partial charge in [0.1, 0.15) is 11.8 Å². The van der Waals surface area contributed by atoms with Crippen molar-refractivity contribution in [2.75, 3.05) is 48.5 Å². The fourth-order valence-electron chi connectivity index (χ4n) is 7.31. The van der Waals surface area contributed by atoms with Gasteiger partial charge in [-0.2, -0.15) is 0 Å². The number of halogens is 2. The number of quaternary nitrogens is 1. The lowest BCUT2D eigenvalue weighted by Crippen LogP contribution is -3.00. The lowest BCUT2D eigenvalue weighted by molar-refractivity contribution is -0.923. The largest absolute Gasteiger partial charge is 1.00 e. The van der Waals surface area contributed by atoms with Crippen LogP contribution in [0.25, 0.3) is 0 Å². The van der Waals surface area contributed by atoms with Gasteiger partial charge in [0, 0.05) is 25.4 Å². The van der Waals surface area contributed by atoms with Crippen molar-refractivity contribution in [3.8, 4) is 46.0 Å². The Kier molecular flexibility index (Phi) is 17.2. The fraction of sp³-hybridized carbons (Fsp3) is 0.351. The van der Waals surface area contributed by atoms with Gasteiger partial charge in [0.15, 0.2) is 34.5 Å². The summed E-state index contributed by atoms with van der Waals surface area (Å²) in [4.78, 5) is 2.37. The van der Waals surface area contributed by atoms with Crippen molar-refractivity contribution in [3.05, 3.63) is 94.0 Å².